The molecule has 0 saturated heterocycles. The Hall–Kier alpha value is 0.0200. The van der Waals surface area contributed by atoms with Crippen LogP contribution < -0.4 is 0 Å². The minimum Gasteiger partial charge on any atom is -0.307 e. The van der Waals surface area contributed by atoms with Crippen molar-refractivity contribution in [2.75, 3.05) is 0 Å². The van der Waals surface area contributed by atoms with Crippen molar-refractivity contribution in [2.45, 2.75) is 13.8 Å². The van der Waals surface area contributed by atoms with Crippen molar-refractivity contribution in [2.24, 2.45) is 0 Å². The molecule has 0 saturated carbocycles. The van der Waals surface area contributed by atoms with Crippen molar-refractivity contribution in [1.82, 2.24) is 0 Å². The van der Waals surface area contributed by atoms with E-state index >= 15 is 0 Å². The van der Waals surface area contributed by atoms with Gasteiger partial charge in [-0.25, -0.2) is 0 Å². The summed E-state index contributed by atoms with van der Waals surface area (Å²) in [5.74, 6) is 0. The highest BCUT2D eigenvalue weighted by atomic mass is 32.1. The lowest BCUT2D eigenvalue weighted by Crippen LogP contribution is -0.925. The molecule has 0 aliphatic rings. The van der Waals surface area contributed by atoms with Crippen molar-refractivity contribution in [1.29, 1.82) is 0 Å². The second-order valence-corrected chi connectivity index (χ2v) is 0. The van der Waals surface area contributed by atoms with Crippen LogP contribution in [0.2, 0.25) is 0 Å². The molecule has 0 heterocycles. The van der Waals surface area contributed by atoms with Crippen LogP contribution in [0.1, 0.15) is 13.8 Å². The Balaban J connectivity index is -0.0000000133. The fourth-order valence-electron chi connectivity index (χ4n) is 0. The average molecular weight is 94.2 g/mol. The minimum atomic E-state index is 0. The average Bonchev–Trinajstić information content (AvgIpc) is 1.50. The molecule has 0 aliphatic carbocycles. The van der Waals surface area contributed by atoms with Crippen molar-refractivity contribution in [3.8, 4) is 0 Å². The molecule has 0 spiro atoms. The highest BCUT2D eigenvalue weighted by Crippen LogP contribution is 1.14. The maximum Gasteiger partial charge on any atom is 0.106 e. The first-order valence-electron chi connectivity index (χ1n) is 1.29. The number of hydrogen-bond donors (Lipinski definition) is 0. The number of carbonyl (C=O) groups is 1. The summed E-state index contributed by atoms with van der Waals surface area (Å²) in [6.07, 6.45) is 0. The van der Waals surface area contributed by atoms with Crippen LogP contribution in [0.5, 0.6) is 0 Å². The van der Waals surface area contributed by atoms with Crippen LogP contribution in [0.15, 0.2) is 0 Å². The van der Waals surface area contributed by atoms with E-state index in [4.69, 9.17) is 4.79 Å². The third-order valence-electron chi connectivity index (χ3n) is 0. The Morgan fingerprint density at radius 2 is 1.20 bits per heavy atom. The SMILES string of the molecule is C=O.CC.S. The van der Waals surface area contributed by atoms with Crippen molar-refractivity contribution in [3.05, 3.63) is 0 Å². The zero-order valence-corrected chi connectivity index (χ0v) is 4.62. The minimum absolute atomic E-state index is 0. The first-order chi connectivity index (χ1) is 2.00. The van der Waals surface area contributed by atoms with E-state index in [2.05, 4.69) is 0 Å². The monoisotopic (exact) mass is 94.0 g/mol. The van der Waals surface area contributed by atoms with Gasteiger partial charge >= 0.3 is 0 Å². The third kappa shape index (κ3) is 41000. The van der Waals surface area contributed by atoms with E-state index in [1.807, 2.05) is 20.6 Å². The van der Waals surface area contributed by atoms with E-state index in [1.54, 1.807) is 0 Å². The lowest BCUT2D eigenvalue weighted by atomic mass is 11.0. The van der Waals surface area contributed by atoms with Crippen LogP contribution >= 0.6 is 13.5 Å². The first-order valence-corrected chi connectivity index (χ1v) is 1.29. The molecule has 0 aromatic rings. The third-order valence-corrected chi connectivity index (χ3v) is 0. The summed E-state index contributed by atoms with van der Waals surface area (Å²) >= 11 is 0. The van der Waals surface area contributed by atoms with Crippen LogP contribution in [0, 0.1) is 0 Å². The molecule has 0 unspecified atom stereocenters. The Morgan fingerprint density at radius 1 is 1.20 bits per heavy atom. The predicted molar refractivity (Wildman–Crippen MR) is 28.8 cm³/mol. The summed E-state index contributed by atoms with van der Waals surface area (Å²) in [6, 6.07) is 0. The molecule has 0 aromatic carbocycles. The summed E-state index contributed by atoms with van der Waals surface area (Å²) in [5, 5.41) is 0. The van der Waals surface area contributed by atoms with Gasteiger partial charge in [-0.3, -0.25) is 0 Å². The summed E-state index contributed by atoms with van der Waals surface area (Å²) < 4.78 is 0. The number of rotatable bonds is 0. The molecule has 0 radical (unpaired) electrons. The molecule has 1 nitrogen and oxygen atoms in total. The van der Waals surface area contributed by atoms with Gasteiger partial charge in [-0.15, -0.1) is 0 Å². The molecule has 0 atom stereocenters. The molecule has 5 heavy (non-hydrogen) atoms. The van der Waals surface area contributed by atoms with Gasteiger partial charge in [-0.1, -0.05) is 13.8 Å². The molecular weight excluding hydrogens is 84.1 g/mol. The van der Waals surface area contributed by atoms with Gasteiger partial charge in [-0.05, 0) is 0 Å². The molecular formula is C3H10OS. The normalized spacial score (nSPS) is 2.00. The molecule has 2 heteroatoms. The van der Waals surface area contributed by atoms with Gasteiger partial charge in [0.25, 0.3) is 0 Å². The molecule has 34 valence electrons. The van der Waals surface area contributed by atoms with E-state index in [9.17, 15) is 0 Å². The van der Waals surface area contributed by atoms with E-state index in [0.717, 1.165) is 0 Å². The molecule has 0 aromatic heterocycles. The largest absolute Gasteiger partial charge is 0.307 e. The van der Waals surface area contributed by atoms with Gasteiger partial charge in [-0.2, -0.15) is 13.5 Å². The maximum atomic E-state index is 8.00. The van der Waals surface area contributed by atoms with Gasteiger partial charge in [0.2, 0.25) is 0 Å². The van der Waals surface area contributed by atoms with Crippen LogP contribution in [0.3, 0.4) is 0 Å². The van der Waals surface area contributed by atoms with Crippen LogP contribution in [-0.2, 0) is 4.79 Å². The predicted octanol–water partition coefficient (Wildman–Crippen LogP) is 0.954. The fourth-order valence-corrected chi connectivity index (χ4v) is 0. The fraction of sp³-hybridized carbons (Fsp3) is 0.667. The van der Waals surface area contributed by atoms with E-state index in [1.165, 1.54) is 0 Å². The van der Waals surface area contributed by atoms with E-state index in [0.29, 0.717) is 0 Å². The van der Waals surface area contributed by atoms with Crippen molar-refractivity contribution < 1.29 is 4.79 Å². The highest BCUT2D eigenvalue weighted by molar-refractivity contribution is 7.59. The standard InChI is InChI=1S/C2H6.CH2O.H2S/c2*1-2;/h1-2H3;1H2;1H2. The molecule has 0 rings (SSSR count). The Labute approximate surface area is 39.8 Å². The lowest BCUT2D eigenvalue weighted by molar-refractivity contribution is -0.0979. The Morgan fingerprint density at radius 3 is 1.20 bits per heavy atom. The number of carbonyl (C=O) groups excluding carboxylic acids is 1. The first kappa shape index (κ1) is 19.9. The van der Waals surface area contributed by atoms with Gasteiger partial charge in [0.1, 0.15) is 6.79 Å². The molecule has 0 fully saturated rings. The smallest absolute Gasteiger partial charge is 0.106 e. The van der Waals surface area contributed by atoms with Crippen LogP contribution in [0.25, 0.3) is 0 Å². The summed E-state index contributed by atoms with van der Waals surface area (Å²) in [6.45, 7) is 6.00. The lowest BCUT2D eigenvalue weighted by Gasteiger charge is -1.07. The highest BCUT2D eigenvalue weighted by Gasteiger charge is 0.932. The van der Waals surface area contributed by atoms with Gasteiger partial charge in [0.05, 0.1) is 0 Å². The molecule has 0 aliphatic heterocycles. The summed E-state index contributed by atoms with van der Waals surface area (Å²) in [5.41, 5.74) is 0. The zero-order valence-electron chi connectivity index (χ0n) is 3.62. The molecule has 0 N–H and O–H groups in total. The Kier molecular flexibility index (Phi) is 364000. The molecule has 0 bridgehead atoms. The quantitative estimate of drug-likeness (QED) is 0.437. The van der Waals surface area contributed by atoms with Crippen molar-refractivity contribution in [3.63, 3.8) is 0 Å². The van der Waals surface area contributed by atoms with Gasteiger partial charge in [0, 0.05) is 0 Å². The van der Waals surface area contributed by atoms with Crippen LogP contribution in [-0.4, -0.2) is 6.79 Å². The van der Waals surface area contributed by atoms with Crippen molar-refractivity contribution >= 4 is 20.3 Å². The second kappa shape index (κ2) is 91700. The summed E-state index contributed by atoms with van der Waals surface area (Å²) in [4.78, 5) is 8.00. The summed E-state index contributed by atoms with van der Waals surface area (Å²) in [7, 11) is 0. The van der Waals surface area contributed by atoms with Gasteiger partial charge < -0.3 is 4.79 Å². The second-order valence-electron chi connectivity index (χ2n) is 0. The van der Waals surface area contributed by atoms with Crippen LogP contribution in [0.4, 0.5) is 0 Å². The van der Waals surface area contributed by atoms with E-state index in [-0.39, 0.29) is 13.5 Å². The van der Waals surface area contributed by atoms with Gasteiger partial charge in [0.15, 0.2) is 0 Å². The van der Waals surface area contributed by atoms with E-state index < -0.39 is 0 Å². The topological polar surface area (TPSA) is 17.1 Å². The maximum absolute atomic E-state index is 8.00. The molecule has 0 amide bonds. The Bertz CT molecular complexity index is 6.85. The number of hydrogen-bond acceptors (Lipinski definition) is 1. The zero-order chi connectivity index (χ0) is 4.00.